The number of imidazole rings is 1. The molecule has 112 valence electrons. The lowest BCUT2D eigenvalue weighted by Crippen LogP contribution is -2.24. The van der Waals surface area contributed by atoms with E-state index in [4.69, 9.17) is 9.72 Å². The topological polar surface area (TPSA) is 52.0 Å². The molecule has 2 atom stereocenters. The van der Waals surface area contributed by atoms with Crippen LogP contribution in [-0.2, 0) is 11.2 Å². The van der Waals surface area contributed by atoms with Gasteiger partial charge in [-0.15, -0.1) is 0 Å². The van der Waals surface area contributed by atoms with Gasteiger partial charge in [0.1, 0.15) is 11.3 Å². The fourth-order valence-electron chi connectivity index (χ4n) is 3.58. The number of nitrogens with one attached hydrogen (secondary N) is 1. The van der Waals surface area contributed by atoms with Crippen LogP contribution in [0.3, 0.4) is 0 Å². The van der Waals surface area contributed by atoms with E-state index in [9.17, 15) is 0 Å². The number of pyridine rings is 1. The summed E-state index contributed by atoms with van der Waals surface area (Å²) in [6, 6.07) is 4.43. The van der Waals surface area contributed by atoms with E-state index < -0.39 is 0 Å². The minimum Gasteiger partial charge on any atom is -0.379 e. The molecule has 0 saturated carbocycles. The molecule has 5 heteroatoms. The van der Waals surface area contributed by atoms with Gasteiger partial charge in [-0.1, -0.05) is 0 Å². The Bertz CT molecular complexity index is 612. The van der Waals surface area contributed by atoms with Crippen molar-refractivity contribution in [2.75, 3.05) is 26.3 Å². The van der Waals surface area contributed by atoms with Crippen LogP contribution < -0.4 is 5.32 Å². The van der Waals surface area contributed by atoms with Crippen molar-refractivity contribution in [3.05, 3.63) is 24.2 Å². The van der Waals surface area contributed by atoms with E-state index in [0.29, 0.717) is 12.0 Å². The summed E-state index contributed by atoms with van der Waals surface area (Å²) < 4.78 is 8.05. The first kappa shape index (κ1) is 13.2. The van der Waals surface area contributed by atoms with Crippen LogP contribution in [0, 0.1) is 5.92 Å². The first-order valence-corrected chi connectivity index (χ1v) is 8.02. The smallest absolute Gasteiger partial charge is 0.160 e. The first-order chi connectivity index (χ1) is 10.4. The summed E-state index contributed by atoms with van der Waals surface area (Å²) in [6.45, 7) is 3.92. The fraction of sp³-hybridized carbons (Fsp3) is 0.625. The molecule has 4 heterocycles. The Kier molecular flexibility index (Phi) is 3.61. The van der Waals surface area contributed by atoms with Crippen LogP contribution in [0.25, 0.3) is 11.2 Å². The lowest BCUT2D eigenvalue weighted by molar-refractivity contribution is 0.0592. The number of hydrogen-bond acceptors (Lipinski definition) is 4. The molecule has 21 heavy (non-hydrogen) atoms. The van der Waals surface area contributed by atoms with Gasteiger partial charge in [0, 0.05) is 19.2 Å². The third kappa shape index (κ3) is 2.56. The molecule has 0 aliphatic carbocycles. The summed E-state index contributed by atoms with van der Waals surface area (Å²) >= 11 is 0. The van der Waals surface area contributed by atoms with E-state index in [1.54, 1.807) is 0 Å². The molecule has 0 amide bonds. The van der Waals surface area contributed by atoms with E-state index >= 15 is 0 Å². The Morgan fingerprint density at radius 2 is 2.38 bits per heavy atom. The molecule has 2 saturated heterocycles. The second kappa shape index (κ2) is 5.73. The number of hydrogen-bond donors (Lipinski definition) is 1. The molecule has 2 aliphatic rings. The number of aromatic nitrogens is 3. The molecule has 0 aromatic carbocycles. The minimum absolute atomic E-state index is 0.392. The van der Waals surface area contributed by atoms with E-state index in [1.165, 1.54) is 12.2 Å². The minimum atomic E-state index is 0.392. The number of rotatable bonds is 3. The molecular formula is C16H22N4O. The molecule has 2 aromatic heterocycles. The highest BCUT2D eigenvalue weighted by Crippen LogP contribution is 2.27. The Hall–Kier alpha value is -1.46. The fourth-order valence-corrected chi connectivity index (χ4v) is 3.58. The van der Waals surface area contributed by atoms with Crippen molar-refractivity contribution in [2.24, 2.45) is 5.92 Å². The molecule has 0 bridgehead atoms. The predicted octanol–water partition coefficient (Wildman–Crippen LogP) is 1.93. The average Bonchev–Trinajstić information content (AvgIpc) is 3.15. The van der Waals surface area contributed by atoms with Gasteiger partial charge in [-0.05, 0) is 50.4 Å². The third-order valence-electron chi connectivity index (χ3n) is 4.66. The average molecular weight is 286 g/mol. The van der Waals surface area contributed by atoms with Crippen molar-refractivity contribution >= 4 is 11.2 Å². The van der Waals surface area contributed by atoms with E-state index in [2.05, 4.69) is 20.9 Å². The molecule has 0 radical (unpaired) electrons. The molecule has 2 aliphatic heterocycles. The van der Waals surface area contributed by atoms with Gasteiger partial charge in [0.05, 0.1) is 12.6 Å². The second-order valence-corrected chi connectivity index (χ2v) is 6.18. The highest BCUT2D eigenvalue weighted by Gasteiger charge is 2.25. The van der Waals surface area contributed by atoms with Gasteiger partial charge in [0.2, 0.25) is 0 Å². The molecule has 5 nitrogen and oxygen atoms in total. The summed E-state index contributed by atoms with van der Waals surface area (Å²) in [6.07, 6.45) is 6.45. The Labute approximate surface area is 124 Å². The van der Waals surface area contributed by atoms with E-state index in [-0.39, 0.29) is 0 Å². The summed E-state index contributed by atoms with van der Waals surface area (Å²) in [5.74, 6) is 1.89. The van der Waals surface area contributed by atoms with Crippen LogP contribution in [0.4, 0.5) is 0 Å². The van der Waals surface area contributed by atoms with Crippen molar-refractivity contribution in [2.45, 2.75) is 31.7 Å². The monoisotopic (exact) mass is 286 g/mol. The van der Waals surface area contributed by atoms with Gasteiger partial charge in [0.15, 0.2) is 5.65 Å². The standard InChI is InChI=1S/C16H22N4O/c1-4-14-16(18-6-1)20(13-3-2-8-21-11-13)15(19-14)9-12-5-7-17-10-12/h1,4,6,12-13,17H,2-3,5,7-11H2. The Morgan fingerprint density at radius 1 is 1.38 bits per heavy atom. The zero-order valence-electron chi connectivity index (χ0n) is 12.3. The maximum atomic E-state index is 5.69. The SMILES string of the molecule is c1cnc2c(c1)nc(CC1CCNC1)n2C1CCCOC1. The van der Waals surface area contributed by atoms with Crippen molar-refractivity contribution in [1.29, 1.82) is 0 Å². The highest BCUT2D eigenvalue weighted by molar-refractivity contribution is 5.71. The number of fused-ring (bicyclic) bond motifs is 1. The van der Waals surface area contributed by atoms with Crippen LogP contribution in [0.5, 0.6) is 0 Å². The normalized spacial score (nSPS) is 26.5. The van der Waals surface area contributed by atoms with Crippen molar-refractivity contribution in [3.8, 4) is 0 Å². The van der Waals surface area contributed by atoms with Gasteiger partial charge in [-0.25, -0.2) is 9.97 Å². The van der Waals surface area contributed by atoms with Crippen LogP contribution >= 0.6 is 0 Å². The predicted molar refractivity (Wildman–Crippen MR) is 81.3 cm³/mol. The van der Waals surface area contributed by atoms with E-state index in [1.807, 2.05) is 12.3 Å². The lowest BCUT2D eigenvalue weighted by Gasteiger charge is -2.25. The second-order valence-electron chi connectivity index (χ2n) is 6.18. The molecule has 2 aromatic rings. The first-order valence-electron chi connectivity index (χ1n) is 8.02. The summed E-state index contributed by atoms with van der Waals surface area (Å²) in [5.41, 5.74) is 2.04. The van der Waals surface area contributed by atoms with Crippen LogP contribution in [0.1, 0.15) is 31.1 Å². The van der Waals surface area contributed by atoms with Crippen LogP contribution in [-0.4, -0.2) is 40.8 Å². The van der Waals surface area contributed by atoms with Gasteiger partial charge in [0.25, 0.3) is 0 Å². The Morgan fingerprint density at radius 3 is 3.19 bits per heavy atom. The van der Waals surface area contributed by atoms with Crippen molar-refractivity contribution < 1.29 is 4.74 Å². The Balaban J connectivity index is 1.72. The van der Waals surface area contributed by atoms with Gasteiger partial charge >= 0.3 is 0 Å². The summed E-state index contributed by atoms with van der Waals surface area (Å²) in [7, 11) is 0. The summed E-state index contributed by atoms with van der Waals surface area (Å²) in [4.78, 5) is 9.45. The maximum Gasteiger partial charge on any atom is 0.160 e. The molecule has 2 fully saturated rings. The molecule has 4 rings (SSSR count). The van der Waals surface area contributed by atoms with Crippen molar-refractivity contribution in [3.63, 3.8) is 0 Å². The highest BCUT2D eigenvalue weighted by atomic mass is 16.5. The van der Waals surface area contributed by atoms with Gasteiger partial charge in [-0.2, -0.15) is 0 Å². The van der Waals surface area contributed by atoms with Gasteiger partial charge in [-0.3, -0.25) is 0 Å². The largest absolute Gasteiger partial charge is 0.379 e. The van der Waals surface area contributed by atoms with E-state index in [0.717, 1.165) is 56.7 Å². The van der Waals surface area contributed by atoms with Crippen LogP contribution in [0.2, 0.25) is 0 Å². The quantitative estimate of drug-likeness (QED) is 0.937. The van der Waals surface area contributed by atoms with Crippen molar-refractivity contribution in [1.82, 2.24) is 19.9 Å². The lowest BCUT2D eigenvalue weighted by atomic mass is 10.0. The maximum absolute atomic E-state index is 5.69. The molecular weight excluding hydrogens is 264 g/mol. The molecule has 1 N–H and O–H groups in total. The molecule has 0 spiro atoms. The molecule has 2 unspecified atom stereocenters. The van der Waals surface area contributed by atoms with Crippen LogP contribution in [0.15, 0.2) is 18.3 Å². The zero-order valence-corrected chi connectivity index (χ0v) is 12.3. The summed E-state index contributed by atoms with van der Waals surface area (Å²) in [5, 5.41) is 3.45. The third-order valence-corrected chi connectivity index (χ3v) is 4.66. The number of nitrogens with zero attached hydrogens (tertiary/aromatic N) is 3. The number of ether oxygens (including phenoxy) is 1. The van der Waals surface area contributed by atoms with Gasteiger partial charge < -0.3 is 14.6 Å². The zero-order chi connectivity index (χ0) is 14.1.